The molecule has 186 valence electrons. The van der Waals surface area contributed by atoms with Gasteiger partial charge in [-0.2, -0.15) is 0 Å². The minimum Gasteiger partial charge on any atom is -0.463 e. The molecule has 0 atom stereocenters. The van der Waals surface area contributed by atoms with E-state index in [0.717, 1.165) is 40.9 Å². The Morgan fingerprint density at radius 3 is 1.86 bits per heavy atom. The van der Waals surface area contributed by atoms with Crippen molar-refractivity contribution >= 4 is 50.9 Å². The van der Waals surface area contributed by atoms with Gasteiger partial charge >= 0.3 is 18.0 Å². The molecule has 2 amide bonds. The molecular formula is C25H29N3O5S2. The highest BCUT2D eigenvalue weighted by atomic mass is 33.1. The van der Waals surface area contributed by atoms with Gasteiger partial charge in [0, 0.05) is 39.9 Å². The van der Waals surface area contributed by atoms with Crippen molar-refractivity contribution in [2.24, 2.45) is 0 Å². The summed E-state index contributed by atoms with van der Waals surface area (Å²) in [5.74, 6) is -0.912. The number of nitrogens with one attached hydrogen (secondary N) is 3. The molecule has 0 heterocycles. The number of amides is 2. The second kappa shape index (κ2) is 16.3. The molecule has 3 N–H and O–H groups in total. The molecule has 0 radical (unpaired) electrons. The number of unbranched alkanes of at least 4 members (excludes halogenated alkanes) is 1. The number of urea groups is 1. The maximum absolute atomic E-state index is 11.9. The summed E-state index contributed by atoms with van der Waals surface area (Å²) in [6.45, 7) is 8.15. The summed E-state index contributed by atoms with van der Waals surface area (Å²) in [6, 6.07) is 15.3. The van der Waals surface area contributed by atoms with Crippen molar-refractivity contribution in [3.8, 4) is 0 Å². The van der Waals surface area contributed by atoms with Crippen LogP contribution >= 0.6 is 21.6 Å². The van der Waals surface area contributed by atoms with Crippen LogP contribution < -0.4 is 16.0 Å². The highest BCUT2D eigenvalue weighted by Crippen LogP contribution is 2.38. The zero-order valence-electron chi connectivity index (χ0n) is 19.3. The summed E-state index contributed by atoms with van der Waals surface area (Å²) >= 11 is 0. The molecule has 0 aliphatic heterocycles. The molecule has 0 unspecified atom stereocenters. The van der Waals surface area contributed by atoms with E-state index in [4.69, 9.17) is 9.47 Å². The Labute approximate surface area is 213 Å². The molecule has 8 nitrogen and oxygen atoms in total. The van der Waals surface area contributed by atoms with Gasteiger partial charge in [-0.3, -0.25) is 0 Å². The van der Waals surface area contributed by atoms with Gasteiger partial charge in [0.1, 0.15) is 6.61 Å². The summed E-state index contributed by atoms with van der Waals surface area (Å²) < 4.78 is 9.74. The van der Waals surface area contributed by atoms with Crippen molar-refractivity contribution in [3.63, 3.8) is 0 Å². The standard InChI is InChI=1S/C25H29N3O5S2/c1-3-23(29)32-17-6-5-15-26-19-7-11-21(12-8-19)34-35-22-13-9-20(10-14-22)28-25(31)27-16-18-33-24(30)4-2/h3-4,7-14,26H,1-2,5-6,15-18H2,(H2,27,28,31). The number of carbonyl (C=O) groups excluding carboxylic acids is 3. The van der Waals surface area contributed by atoms with Crippen LogP contribution in [0.2, 0.25) is 0 Å². The smallest absolute Gasteiger partial charge is 0.330 e. The molecular weight excluding hydrogens is 486 g/mol. The predicted octanol–water partition coefficient (Wildman–Crippen LogP) is 5.26. The van der Waals surface area contributed by atoms with Crippen LogP contribution in [-0.2, 0) is 19.1 Å². The van der Waals surface area contributed by atoms with E-state index in [1.54, 1.807) is 21.6 Å². The fourth-order valence-electron chi connectivity index (χ4n) is 2.56. The van der Waals surface area contributed by atoms with Gasteiger partial charge in [0.05, 0.1) is 13.2 Å². The molecule has 2 rings (SSSR count). The van der Waals surface area contributed by atoms with Crippen molar-refractivity contribution in [3.05, 3.63) is 73.8 Å². The summed E-state index contributed by atoms with van der Waals surface area (Å²) in [7, 11) is 3.27. The Hall–Kier alpha value is -3.37. The maximum atomic E-state index is 11.9. The number of rotatable bonds is 15. The van der Waals surface area contributed by atoms with Gasteiger partial charge in [0.2, 0.25) is 0 Å². The molecule has 0 spiro atoms. The first-order valence-electron chi connectivity index (χ1n) is 10.9. The SMILES string of the molecule is C=CC(=O)OCCCCNc1ccc(SSc2ccc(NC(=O)NCCOC(=O)C=C)cc2)cc1. The van der Waals surface area contributed by atoms with Crippen molar-refractivity contribution in [1.82, 2.24) is 5.32 Å². The second-order valence-electron chi connectivity index (χ2n) is 6.97. The lowest BCUT2D eigenvalue weighted by Crippen LogP contribution is -2.31. The fourth-order valence-corrected chi connectivity index (χ4v) is 4.49. The molecule has 2 aromatic rings. The number of hydrogen-bond acceptors (Lipinski definition) is 8. The van der Waals surface area contributed by atoms with Crippen LogP contribution in [-0.4, -0.2) is 44.3 Å². The fraction of sp³-hybridized carbons (Fsp3) is 0.240. The molecule has 35 heavy (non-hydrogen) atoms. The van der Waals surface area contributed by atoms with Gasteiger partial charge < -0.3 is 25.4 Å². The van der Waals surface area contributed by atoms with Crippen molar-refractivity contribution in [2.45, 2.75) is 22.6 Å². The Balaban J connectivity index is 1.64. The number of ether oxygens (including phenoxy) is 2. The predicted molar refractivity (Wildman–Crippen MR) is 142 cm³/mol. The first kappa shape index (κ1) is 27.9. The Morgan fingerprint density at radius 2 is 1.29 bits per heavy atom. The Morgan fingerprint density at radius 1 is 0.743 bits per heavy atom. The third kappa shape index (κ3) is 12.1. The van der Waals surface area contributed by atoms with Crippen LogP contribution in [0.25, 0.3) is 0 Å². The monoisotopic (exact) mass is 515 g/mol. The lowest BCUT2D eigenvalue weighted by molar-refractivity contribution is -0.138. The van der Waals surface area contributed by atoms with Crippen LogP contribution in [0.1, 0.15) is 12.8 Å². The van der Waals surface area contributed by atoms with Crippen LogP contribution in [0.4, 0.5) is 16.2 Å². The number of carbonyl (C=O) groups is 3. The maximum Gasteiger partial charge on any atom is 0.330 e. The van der Waals surface area contributed by atoms with Gasteiger partial charge in [0.15, 0.2) is 0 Å². The quantitative estimate of drug-likeness (QED) is 0.128. The number of hydrogen-bond donors (Lipinski definition) is 3. The summed E-state index contributed by atoms with van der Waals surface area (Å²) in [4.78, 5) is 36.0. The highest BCUT2D eigenvalue weighted by Gasteiger charge is 2.04. The van der Waals surface area contributed by atoms with Gasteiger partial charge in [0.25, 0.3) is 0 Å². The van der Waals surface area contributed by atoms with E-state index in [1.807, 2.05) is 36.4 Å². The third-order valence-electron chi connectivity index (χ3n) is 4.31. The largest absolute Gasteiger partial charge is 0.463 e. The minimum absolute atomic E-state index is 0.0805. The van der Waals surface area contributed by atoms with E-state index < -0.39 is 5.97 Å². The van der Waals surface area contributed by atoms with Gasteiger partial charge in [-0.1, -0.05) is 34.7 Å². The summed E-state index contributed by atoms with van der Waals surface area (Å²) in [5.41, 5.74) is 1.70. The first-order valence-corrected chi connectivity index (χ1v) is 13.1. The van der Waals surface area contributed by atoms with Crippen LogP contribution in [0.3, 0.4) is 0 Å². The van der Waals surface area contributed by atoms with E-state index in [-0.39, 0.29) is 25.2 Å². The lowest BCUT2D eigenvalue weighted by atomic mass is 10.3. The zero-order chi connectivity index (χ0) is 25.3. The van der Waals surface area contributed by atoms with Gasteiger partial charge in [-0.15, -0.1) is 0 Å². The lowest BCUT2D eigenvalue weighted by Gasteiger charge is -2.09. The van der Waals surface area contributed by atoms with E-state index >= 15 is 0 Å². The van der Waals surface area contributed by atoms with E-state index in [0.29, 0.717) is 12.3 Å². The van der Waals surface area contributed by atoms with E-state index in [1.165, 1.54) is 6.08 Å². The highest BCUT2D eigenvalue weighted by molar-refractivity contribution is 8.76. The van der Waals surface area contributed by atoms with Gasteiger partial charge in [-0.25, -0.2) is 14.4 Å². The van der Waals surface area contributed by atoms with Crippen LogP contribution in [0, 0.1) is 0 Å². The van der Waals surface area contributed by atoms with Crippen LogP contribution in [0.5, 0.6) is 0 Å². The third-order valence-corrected chi connectivity index (χ3v) is 6.73. The topological polar surface area (TPSA) is 106 Å². The molecule has 0 aliphatic rings. The average Bonchev–Trinajstić information content (AvgIpc) is 2.88. The van der Waals surface area contributed by atoms with E-state index in [2.05, 4.69) is 41.2 Å². The number of anilines is 2. The number of benzene rings is 2. The Kier molecular flexibility index (Phi) is 13.0. The normalized spacial score (nSPS) is 10.1. The molecule has 0 bridgehead atoms. The number of esters is 2. The Bertz CT molecular complexity index is 982. The van der Waals surface area contributed by atoms with Crippen molar-refractivity contribution in [1.29, 1.82) is 0 Å². The van der Waals surface area contributed by atoms with E-state index in [9.17, 15) is 14.4 Å². The molecule has 0 fully saturated rings. The minimum atomic E-state index is -0.525. The summed E-state index contributed by atoms with van der Waals surface area (Å²) in [5, 5.41) is 8.69. The zero-order valence-corrected chi connectivity index (χ0v) is 20.9. The molecule has 2 aromatic carbocycles. The van der Waals surface area contributed by atoms with Gasteiger partial charge in [-0.05, 0) is 61.4 Å². The van der Waals surface area contributed by atoms with Crippen molar-refractivity contribution < 1.29 is 23.9 Å². The first-order chi connectivity index (χ1) is 17.0. The molecule has 0 saturated carbocycles. The molecule has 0 saturated heterocycles. The molecule has 0 aliphatic carbocycles. The average molecular weight is 516 g/mol. The molecule has 10 heteroatoms. The molecule has 0 aromatic heterocycles. The van der Waals surface area contributed by atoms with Crippen molar-refractivity contribution in [2.75, 3.05) is 36.9 Å². The van der Waals surface area contributed by atoms with Crippen LogP contribution in [0.15, 0.2) is 83.6 Å². The summed E-state index contributed by atoms with van der Waals surface area (Å²) in [6.07, 6.45) is 3.93. The second-order valence-corrected chi connectivity index (χ2v) is 9.25.